The van der Waals surface area contributed by atoms with Gasteiger partial charge in [-0.05, 0) is 30.5 Å². The van der Waals surface area contributed by atoms with Crippen LogP contribution in [0.1, 0.15) is 29.9 Å². The van der Waals surface area contributed by atoms with Crippen LogP contribution in [-0.2, 0) is 18.8 Å². The quantitative estimate of drug-likeness (QED) is 0.627. The first kappa shape index (κ1) is 20.4. The van der Waals surface area contributed by atoms with Crippen LogP contribution in [0.4, 0.5) is 4.39 Å². The molecule has 0 amide bonds. The zero-order chi connectivity index (χ0) is 21.5. The predicted molar refractivity (Wildman–Crippen MR) is 106 cm³/mol. The molecular formula is C21H23FN3O4+. The Hall–Kier alpha value is -3.29. The fourth-order valence-electron chi connectivity index (χ4n) is 3.27. The maximum Gasteiger partial charge on any atom is 0.417 e. The summed E-state index contributed by atoms with van der Waals surface area (Å²) >= 11 is 0. The highest BCUT2D eigenvalue weighted by molar-refractivity contribution is 6.05. The van der Waals surface area contributed by atoms with Crippen LogP contribution in [0.5, 0.6) is 0 Å². The van der Waals surface area contributed by atoms with Crippen molar-refractivity contribution in [2.45, 2.75) is 20.8 Å². The number of aryl methyl sites for hydroxylation is 2. The number of hydrogen-bond donors (Lipinski definition) is 0. The number of benzene rings is 1. The van der Waals surface area contributed by atoms with Crippen molar-refractivity contribution in [3.8, 4) is 11.1 Å². The van der Waals surface area contributed by atoms with Gasteiger partial charge in [-0.3, -0.25) is 4.79 Å². The van der Waals surface area contributed by atoms with Gasteiger partial charge >= 0.3 is 11.7 Å². The van der Waals surface area contributed by atoms with E-state index in [1.165, 1.54) is 36.9 Å². The molecule has 0 saturated heterocycles. The van der Waals surface area contributed by atoms with Crippen LogP contribution >= 0.6 is 0 Å². The number of halogens is 1. The van der Waals surface area contributed by atoms with Crippen LogP contribution in [0, 0.1) is 18.7 Å². The van der Waals surface area contributed by atoms with E-state index in [0.717, 1.165) is 4.57 Å². The van der Waals surface area contributed by atoms with Crippen molar-refractivity contribution in [1.29, 1.82) is 0 Å². The Bertz CT molecular complexity index is 1240. The fraction of sp³-hybridized carbons (Fsp3) is 0.333. The molecule has 1 N–H and O–H groups in total. The van der Waals surface area contributed by atoms with E-state index in [2.05, 4.69) is 4.98 Å². The number of aromatic amines is 1. The SMILES string of the molecule is Cc1[nH+]c2c(c(-c3cccc(F)c3)c1C(=O)OCC(C)C)c(=O)n(C)c(=O)n2C. The molecule has 0 aliphatic carbocycles. The lowest BCUT2D eigenvalue weighted by atomic mass is 9.95. The molecule has 2 heterocycles. The van der Waals surface area contributed by atoms with Crippen LogP contribution in [-0.4, -0.2) is 21.7 Å². The predicted octanol–water partition coefficient (Wildman–Crippen LogP) is 1.98. The number of nitrogens with one attached hydrogen (secondary N) is 1. The van der Waals surface area contributed by atoms with Crippen LogP contribution < -0.4 is 16.2 Å². The van der Waals surface area contributed by atoms with Gasteiger partial charge in [-0.1, -0.05) is 26.0 Å². The highest BCUT2D eigenvalue weighted by Crippen LogP contribution is 2.30. The molecule has 29 heavy (non-hydrogen) atoms. The molecule has 3 aromatic rings. The lowest BCUT2D eigenvalue weighted by Gasteiger charge is -2.14. The maximum atomic E-state index is 14.0. The van der Waals surface area contributed by atoms with Gasteiger partial charge in [0, 0.05) is 12.6 Å². The lowest BCUT2D eigenvalue weighted by Crippen LogP contribution is -2.40. The first-order chi connectivity index (χ1) is 13.6. The van der Waals surface area contributed by atoms with E-state index in [-0.39, 0.29) is 34.7 Å². The molecule has 0 bridgehead atoms. The minimum Gasteiger partial charge on any atom is -0.462 e. The third-order valence-corrected chi connectivity index (χ3v) is 4.71. The van der Waals surface area contributed by atoms with Crippen molar-refractivity contribution in [3.63, 3.8) is 0 Å². The lowest BCUT2D eigenvalue weighted by molar-refractivity contribution is -0.359. The Balaban J connectivity index is 2.49. The normalized spacial score (nSPS) is 11.3. The number of ether oxygens (including phenoxy) is 1. The molecule has 0 fully saturated rings. The third kappa shape index (κ3) is 3.57. The molecule has 152 valence electrons. The van der Waals surface area contributed by atoms with Gasteiger partial charge < -0.3 is 4.74 Å². The molecule has 0 unspecified atom stereocenters. The van der Waals surface area contributed by atoms with E-state index in [1.807, 2.05) is 13.8 Å². The summed E-state index contributed by atoms with van der Waals surface area (Å²) in [6.45, 7) is 5.66. The molecule has 0 atom stereocenters. The van der Waals surface area contributed by atoms with Gasteiger partial charge in [-0.15, -0.1) is 0 Å². The van der Waals surface area contributed by atoms with Crippen LogP contribution in [0.25, 0.3) is 22.2 Å². The maximum absolute atomic E-state index is 14.0. The summed E-state index contributed by atoms with van der Waals surface area (Å²) < 4.78 is 21.6. The monoisotopic (exact) mass is 400 g/mol. The summed E-state index contributed by atoms with van der Waals surface area (Å²) in [5, 5.41) is 0.113. The molecule has 0 spiro atoms. The summed E-state index contributed by atoms with van der Waals surface area (Å²) in [4.78, 5) is 41.3. The topological polar surface area (TPSA) is 84.4 Å². The van der Waals surface area contributed by atoms with E-state index in [1.54, 1.807) is 13.0 Å². The second kappa shape index (κ2) is 7.62. The van der Waals surface area contributed by atoms with Crippen molar-refractivity contribution in [3.05, 3.63) is 62.2 Å². The molecule has 3 rings (SSSR count). The van der Waals surface area contributed by atoms with Gasteiger partial charge in [-0.2, -0.15) is 4.57 Å². The molecule has 1 aromatic carbocycles. The second-order valence-electron chi connectivity index (χ2n) is 7.43. The highest BCUT2D eigenvalue weighted by atomic mass is 19.1. The summed E-state index contributed by atoms with van der Waals surface area (Å²) in [6.07, 6.45) is 0. The third-order valence-electron chi connectivity index (χ3n) is 4.71. The largest absolute Gasteiger partial charge is 0.462 e. The van der Waals surface area contributed by atoms with Crippen LogP contribution in [0.2, 0.25) is 0 Å². The van der Waals surface area contributed by atoms with Gasteiger partial charge in [0.2, 0.25) is 0 Å². The number of rotatable bonds is 4. The molecule has 0 radical (unpaired) electrons. The average Bonchev–Trinajstić information content (AvgIpc) is 2.67. The van der Waals surface area contributed by atoms with Crippen molar-refractivity contribution < 1.29 is 18.9 Å². The van der Waals surface area contributed by atoms with Crippen molar-refractivity contribution in [2.24, 2.45) is 20.0 Å². The molecule has 0 saturated carbocycles. The molecule has 8 heteroatoms. The van der Waals surface area contributed by atoms with Crippen LogP contribution in [0.15, 0.2) is 33.9 Å². The van der Waals surface area contributed by atoms with Crippen molar-refractivity contribution in [1.82, 2.24) is 9.13 Å². The number of esters is 1. The Kier molecular flexibility index (Phi) is 5.37. The Morgan fingerprint density at radius 3 is 2.52 bits per heavy atom. The van der Waals surface area contributed by atoms with Gasteiger partial charge in [0.05, 0.1) is 13.7 Å². The van der Waals surface area contributed by atoms with Gasteiger partial charge in [0.15, 0.2) is 0 Å². The standard InChI is InChI=1S/C21H22FN3O4/c1-11(2)10-29-20(27)15-12(3)23-18-17(19(26)25(5)21(28)24(18)4)16(15)13-7-6-8-14(22)9-13/h6-9,11H,10H2,1-5H3/p+1. The van der Waals surface area contributed by atoms with E-state index in [4.69, 9.17) is 4.74 Å². The van der Waals surface area contributed by atoms with Crippen LogP contribution in [0.3, 0.4) is 0 Å². The number of carbonyl (C=O) groups is 1. The Labute approximate surface area is 166 Å². The summed E-state index contributed by atoms with van der Waals surface area (Å²) in [7, 11) is 2.88. The number of H-pyrrole nitrogens is 1. The summed E-state index contributed by atoms with van der Waals surface area (Å²) in [5.41, 5.74) is 0.276. The smallest absolute Gasteiger partial charge is 0.417 e. The van der Waals surface area contributed by atoms with E-state index >= 15 is 0 Å². The number of fused-ring (bicyclic) bond motifs is 1. The van der Waals surface area contributed by atoms with Gasteiger partial charge in [0.25, 0.3) is 11.2 Å². The second-order valence-corrected chi connectivity index (χ2v) is 7.43. The van der Waals surface area contributed by atoms with Crippen molar-refractivity contribution >= 4 is 17.0 Å². The number of pyridine rings is 1. The Morgan fingerprint density at radius 2 is 1.90 bits per heavy atom. The number of nitrogens with zero attached hydrogens (tertiary/aromatic N) is 2. The van der Waals surface area contributed by atoms with E-state index in [9.17, 15) is 18.8 Å². The molecule has 0 aliphatic rings. The minimum atomic E-state index is -0.621. The number of aromatic nitrogens is 3. The summed E-state index contributed by atoms with van der Waals surface area (Å²) in [5.74, 6) is -1.01. The molecule has 0 aliphatic heterocycles. The fourth-order valence-corrected chi connectivity index (χ4v) is 3.27. The minimum absolute atomic E-state index is 0.113. The van der Waals surface area contributed by atoms with E-state index in [0.29, 0.717) is 11.3 Å². The number of carbonyl (C=O) groups excluding carboxylic acids is 1. The zero-order valence-electron chi connectivity index (χ0n) is 17.0. The van der Waals surface area contributed by atoms with E-state index < -0.39 is 23.0 Å². The molecule has 7 nitrogen and oxygen atoms in total. The zero-order valence-corrected chi connectivity index (χ0v) is 17.0. The first-order valence-electron chi connectivity index (χ1n) is 9.22. The number of hydrogen-bond acceptors (Lipinski definition) is 4. The highest BCUT2D eigenvalue weighted by Gasteiger charge is 2.29. The van der Waals surface area contributed by atoms with Gasteiger partial charge in [0.1, 0.15) is 22.5 Å². The van der Waals surface area contributed by atoms with Crippen molar-refractivity contribution in [2.75, 3.05) is 6.61 Å². The Morgan fingerprint density at radius 1 is 1.21 bits per heavy atom. The summed E-state index contributed by atoms with van der Waals surface area (Å²) in [6, 6.07) is 5.63. The molecular weight excluding hydrogens is 377 g/mol. The average molecular weight is 400 g/mol. The van der Waals surface area contributed by atoms with Gasteiger partial charge in [-0.25, -0.2) is 23.5 Å². The molecule has 2 aromatic heterocycles. The first-order valence-corrected chi connectivity index (χ1v) is 9.22.